The molecule has 2 amide bonds. The molecule has 1 aliphatic rings. The number of aryl methyl sites for hydroxylation is 2. The molecule has 0 unspecified atom stereocenters. The largest absolute Gasteiger partial charge is 0.345 e. The van der Waals surface area contributed by atoms with E-state index in [1.165, 1.54) is 11.3 Å². The highest BCUT2D eigenvalue weighted by molar-refractivity contribution is 7.19. The fourth-order valence-electron chi connectivity index (χ4n) is 4.93. The Balaban J connectivity index is 1.35. The lowest BCUT2D eigenvalue weighted by molar-refractivity contribution is -0.116. The highest BCUT2D eigenvalue weighted by atomic mass is 32.1. The molecule has 2 aromatic carbocycles. The highest BCUT2D eigenvalue weighted by Gasteiger charge is 2.30. The van der Waals surface area contributed by atoms with E-state index in [0.717, 1.165) is 57.2 Å². The van der Waals surface area contributed by atoms with Crippen molar-refractivity contribution in [3.8, 4) is 27.5 Å². The molecule has 40 heavy (non-hydrogen) atoms. The number of hydrogen-bond donors (Lipinski definition) is 1. The van der Waals surface area contributed by atoms with Gasteiger partial charge in [-0.15, -0.1) is 0 Å². The summed E-state index contributed by atoms with van der Waals surface area (Å²) in [6.45, 7) is 0. The third-order valence-electron chi connectivity index (χ3n) is 6.94. The van der Waals surface area contributed by atoms with Crippen LogP contribution in [0.15, 0.2) is 79.1 Å². The van der Waals surface area contributed by atoms with Gasteiger partial charge in [0.2, 0.25) is 5.91 Å². The number of pyridine rings is 1. The van der Waals surface area contributed by atoms with Gasteiger partial charge in [-0.2, -0.15) is 5.10 Å². The maximum absolute atomic E-state index is 12.8. The van der Waals surface area contributed by atoms with Crippen molar-refractivity contribution in [1.82, 2.24) is 24.6 Å². The number of hydrogen-bond acceptors (Lipinski definition) is 6. The normalized spacial score (nSPS) is 11.9. The zero-order chi connectivity index (χ0) is 27.6. The van der Waals surface area contributed by atoms with Crippen LogP contribution in [-0.2, 0) is 24.1 Å². The molecular weight excluding hydrogens is 520 g/mol. The van der Waals surface area contributed by atoms with Crippen LogP contribution in [0.4, 0.5) is 5.13 Å². The summed E-state index contributed by atoms with van der Waals surface area (Å²) in [5.41, 5.74) is 7.45. The second kappa shape index (κ2) is 10.9. The number of benzene rings is 2. The topological polar surface area (TPSA) is 93.0 Å². The average Bonchev–Trinajstić information content (AvgIpc) is 3.58. The molecule has 0 fully saturated rings. The first-order valence-electron chi connectivity index (χ1n) is 13.2. The minimum Gasteiger partial charge on any atom is -0.345 e. The summed E-state index contributed by atoms with van der Waals surface area (Å²) < 4.78 is 1.93. The van der Waals surface area contributed by atoms with E-state index >= 15 is 0 Å². The van der Waals surface area contributed by atoms with Gasteiger partial charge in [-0.25, -0.2) is 9.67 Å². The highest BCUT2D eigenvalue weighted by Crippen LogP contribution is 2.44. The van der Waals surface area contributed by atoms with Gasteiger partial charge < -0.3 is 10.2 Å². The molecule has 0 bridgehead atoms. The predicted molar refractivity (Wildman–Crippen MR) is 157 cm³/mol. The van der Waals surface area contributed by atoms with Crippen LogP contribution in [0.25, 0.3) is 27.5 Å². The number of anilines is 1. The van der Waals surface area contributed by atoms with E-state index in [-0.39, 0.29) is 11.8 Å². The van der Waals surface area contributed by atoms with Crippen LogP contribution in [0.1, 0.15) is 33.6 Å². The van der Waals surface area contributed by atoms with E-state index in [9.17, 15) is 9.59 Å². The minimum absolute atomic E-state index is 0.0533. The Kier molecular flexibility index (Phi) is 6.96. The molecular formula is C31H28N6O2S. The number of nitrogens with one attached hydrogen (secondary N) is 1. The fourth-order valence-corrected chi connectivity index (χ4v) is 6.02. The van der Waals surface area contributed by atoms with Crippen molar-refractivity contribution in [3.63, 3.8) is 0 Å². The van der Waals surface area contributed by atoms with Crippen molar-refractivity contribution in [1.29, 1.82) is 0 Å². The van der Waals surface area contributed by atoms with Crippen LogP contribution < -0.4 is 5.32 Å². The summed E-state index contributed by atoms with van der Waals surface area (Å²) in [4.78, 5) is 36.9. The molecule has 0 saturated carbocycles. The standard InChI is InChI=1S/C31H28N6O2S/c1-36(2)30(39)21-11-13-23(14-12-21)37-28-24(27(35-37)22-9-6-18-32-19-22)15-16-25-29(28)40-31(33-25)34-26(38)17-10-20-7-4-3-5-8-20/h3-9,11-14,18-19H,10,15-17H2,1-2H3,(H,33,34,38). The summed E-state index contributed by atoms with van der Waals surface area (Å²) in [7, 11) is 3.48. The summed E-state index contributed by atoms with van der Waals surface area (Å²) in [5.74, 6) is -0.108. The Hall–Kier alpha value is -4.63. The van der Waals surface area contributed by atoms with Crippen molar-refractivity contribution in [2.45, 2.75) is 25.7 Å². The molecule has 1 aliphatic carbocycles. The van der Waals surface area contributed by atoms with Gasteiger partial charge >= 0.3 is 0 Å². The monoisotopic (exact) mass is 548 g/mol. The minimum atomic E-state index is -0.0547. The van der Waals surface area contributed by atoms with Crippen LogP contribution in [0, 0.1) is 0 Å². The van der Waals surface area contributed by atoms with Crippen LogP contribution in [0.2, 0.25) is 0 Å². The van der Waals surface area contributed by atoms with Gasteiger partial charge in [0.15, 0.2) is 5.13 Å². The molecule has 0 aliphatic heterocycles. The van der Waals surface area contributed by atoms with Crippen molar-refractivity contribution < 1.29 is 9.59 Å². The first-order chi connectivity index (χ1) is 19.5. The third kappa shape index (κ3) is 5.03. The molecule has 8 nitrogen and oxygen atoms in total. The third-order valence-corrected chi connectivity index (χ3v) is 7.96. The van der Waals surface area contributed by atoms with Crippen molar-refractivity contribution in [2.75, 3.05) is 19.4 Å². The Morgan fingerprint density at radius 2 is 1.80 bits per heavy atom. The second-order valence-corrected chi connectivity index (χ2v) is 10.9. The molecule has 200 valence electrons. The molecule has 5 aromatic rings. The molecule has 0 atom stereocenters. The molecule has 9 heteroatoms. The maximum atomic E-state index is 12.8. The van der Waals surface area contributed by atoms with Crippen LogP contribution in [0.5, 0.6) is 0 Å². The number of rotatable bonds is 7. The lowest BCUT2D eigenvalue weighted by atomic mass is 9.95. The Labute approximate surface area is 236 Å². The van der Waals surface area contributed by atoms with Gasteiger partial charge in [0, 0.05) is 49.6 Å². The summed E-state index contributed by atoms with van der Waals surface area (Å²) in [6, 6.07) is 21.4. The lowest BCUT2D eigenvalue weighted by Gasteiger charge is -2.15. The molecule has 0 spiro atoms. The quantitative estimate of drug-likeness (QED) is 0.293. The van der Waals surface area contributed by atoms with E-state index in [0.29, 0.717) is 23.5 Å². The van der Waals surface area contributed by atoms with Crippen LogP contribution in [0.3, 0.4) is 0 Å². The van der Waals surface area contributed by atoms with E-state index in [2.05, 4.69) is 10.3 Å². The van der Waals surface area contributed by atoms with Crippen molar-refractivity contribution >= 4 is 28.3 Å². The van der Waals surface area contributed by atoms with Gasteiger partial charge in [-0.1, -0.05) is 41.7 Å². The summed E-state index contributed by atoms with van der Waals surface area (Å²) in [6.07, 6.45) is 6.17. The van der Waals surface area contributed by atoms with E-state index in [1.807, 2.05) is 77.6 Å². The van der Waals surface area contributed by atoms with Crippen molar-refractivity contribution in [3.05, 3.63) is 102 Å². The second-order valence-electron chi connectivity index (χ2n) is 9.90. The number of fused-ring (bicyclic) bond motifs is 3. The van der Waals surface area contributed by atoms with E-state index < -0.39 is 0 Å². The SMILES string of the molecule is CN(C)C(=O)c1ccc(-n2nc(-c3cccnc3)c3c2-c2sc(NC(=O)CCc4ccccc4)nc2CC3)cc1. The number of thiazole rings is 1. The van der Waals surface area contributed by atoms with Gasteiger partial charge in [0.1, 0.15) is 0 Å². The molecule has 0 saturated heterocycles. The Morgan fingerprint density at radius 3 is 2.52 bits per heavy atom. The molecule has 6 rings (SSSR count). The number of carbonyl (C=O) groups is 2. The Bertz CT molecular complexity index is 1670. The van der Waals surface area contributed by atoms with E-state index in [1.54, 1.807) is 25.2 Å². The van der Waals surface area contributed by atoms with Gasteiger partial charge in [0.25, 0.3) is 5.91 Å². The van der Waals surface area contributed by atoms with Crippen LogP contribution in [-0.4, -0.2) is 50.6 Å². The summed E-state index contributed by atoms with van der Waals surface area (Å²) in [5, 5.41) is 8.66. The lowest BCUT2D eigenvalue weighted by Crippen LogP contribution is -2.21. The number of aromatic nitrogens is 4. The van der Waals surface area contributed by atoms with Gasteiger partial charge in [-0.3, -0.25) is 14.6 Å². The first kappa shape index (κ1) is 25.6. The molecule has 3 aromatic heterocycles. The van der Waals surface area contributed by atoms with Gasteiger partial charge in [0.05, 0.1) is 27.6 Å². The number of carbonyl (C=O) groups excluding carboxylic acids is 2. The average molecular weight is 549 g/mol. The number of nitrogens with zero attached hydrogens (tertiary/aromatic N) is 5. The molecule has 1 N–H and O–H groups in total. The van der Waals surface area contributed by atoms with Gasteiger partial charge in [-0.05, 0) is 61.2 Å². The molecule has 0 radical (unpaired) electrons. The number of amides is 2. The Morgan fingerprint density at radius 1 is 1.00 bits per heavy atom. The summed E-state index contributed by atoms with van der Waals surface area (Å²) >= 11 is 1.48. The molecule has 3 heterocycles. The smallest absolute Gasteiger partial charge is 0.253 e. The van der Waals surface area contributed by atoms with Crippen LogP contribution >= 0.6 is 11.3 Å². The first-order valence-corrected chi connectivity index (χ1v) is 14.0. The zero-order valence-corrected chi connectivity index (χ0v) is 23.1. The predicted octanol–water partition coefficient (Wildman–Crippen LogP) is 5.43. The van der Waals surface area contributed by atoms with Crippen molar-refractivity contribution in [2.24, 2.45) is 0 Å². The van der Waals surface area contributed by atoms with E-state index in [4.69, 9.17) is 10.1 Å². The fraction of sp³-hybridized carbons (Fsp3) is 0.194. The maximum Gasteiger partial charge on any atom is 0.253 e. The zero-order valence-electron chi connectivity index (χ0n) is 22.3.